The number of nitrogens with one attached hydrogen (secondary N) is 1. The van der Waals surface area contributed by atoms with Crippen LogP contribution in [0.15, 0.2) is 47.3 Å². The van der Waals surface area contributed by atoms with Gasteiger partial charge in [-0.1, -0.05) is 36.4 Å². The quantitative estimate of drug-likeness (QED) is 0.372. The maximum absolute atomic E-state index is 13.9. The van der Waals surface area contributed by atoms with Gasteiger partial charge >= 0.3 is 6.18 Å². The van der Waals surface area contributed by atoms with Crippen LogP contribution in [-0.4, -0.2) is 26.7 Å². The van der Waals surface area contributed by atoms with Gasteiger partial charge in [-0.25, -0.2) is 4.98 Å². The first-order valence-electron chi connectivity index (χ1n) is 9.93. The normalized spacial score (nSPS) is 12.1. The fourth-order valence-electron chi connectivity index (χ4n) is 3.95. The summed E-state index contributed by atoms with van der Waals surface area (Å²) in [5.41, 5.74) is 0.361. The van der Waals surface area contributed by atoms with Gasteiger partial charge in [0.15, 0.2) is 5.69 Å². The van der Waals surface area contributed by atoms with Crippen molar-refractivity contribution in [2.45, 2.75) is 20.0 Å². The smallest absolute Gasteiger partial charge is 0.435 e. The molecule has 0 atom stereocenters. The Kier molecular flexibility index (Phi) is 4.78. The summed E-state index contributed by atoms with van der Waals surface area (Å²) in [7, 11) is 1.54. The van der Waals surface area contributed by atoms with Gasteiger partial charge in [-0.2, -0.15) is 22.8 Å². The Hall–Kier alpha value is -3.66. The summed E-state index contributed by atoms with van der Waals surface area (Å²) in [5, 5.41) is 4.06. The van der Waals surface area contributed by atoms with Crippen LogP contribution in [0.4, 0.5) is 13.2 Å². The number of fused-ring (bicyclic) bond motifs is 2. The zero-order valence-corrected chi connectivity index (χ0v) is 18.6. The molecule has 0 aliphatic carbocycles. The molecule has 0 spiro atoms. The van der Waals surface area contributed by atoms with Gasteiger partial charge in [0, 0.05) is 5.69 Å². The molecule has 168 valence electrons. The minimum atomic E-state index is -4.74. The summed E-state index contributed by atoms with van der Waals surface area (Å²) in [4.78, 5) is 21.0. The molecule has 3 heterocycles. The molecule has 0 saturated carbocycles. The Morgan fingerprint density at radius 2 is 1.79 bits per heavy atom. The molecular weight excluding hydrogens is 453 g/mol. The lowest BCUT2D eigenvalue weighted by molar-refractivity contribution is -0.140. The lowest BCUT2D eigenvalue weighted by Crippen LogP contribution is -2.19. The second kappa shape index (κ2) is 7.45. The maximum atomic E-state index is 13.9. The van der Waals surface area contributed by atoms with Crippen molar-refractivity contribution in [2.24, 2.45) is 0 Å². The molecule has 33 heavy (non-hydrogen) atoms. The summed E-state index contributed by atoms with van der Waals surface area (Å²) in [6, 6.07) is 11.8. The van der Waals surface area contributed by atoms with Crippen LogP contribution in [0.3, 0.4) is 0 Å². The van der Waals surface area contributed by atoms with E-state index in [0.29, 0.717) is 27.5 Å². The largest absolute Gasteiger partial charge is 0.494 e. The number of aromatic nitrogens is 4. The molecule has 1 N–H and O–H groups in total. The van der Waals surface area contributed by atoms with Crippen molar-refractivity contribution in [1.29, 1.82) is 0 Å². The van der Waals surface area contributed by atoms with Crippen LogP contribution < -0.4 is 10.3 Å². The number of hydrogen-bond donors (Lipinski definition) is 1. The van der Waals surface area contributed by atoms with Crippen molar-refractivity contribution >= 4 is 27.2 Å². The summed E-state index contributed by atoms with van der Waals surface area (Å²) in [5.74, 6) is 0.593. The summed E-state index contributed by atoms with van der Waals surface area (Å²) >= 11 is 1.26. The highest BCUT2D eigenvalue weighted by molar-refractivity contribution is 7.21. The monoisotopic (exact) mass is 470 g/mol. The molecule has 6 nitrogen and oxygen atoms in total. The van der Waals surface area contributed by atoms with Crippen LogP contribution in [0.25, 0.3) is 37.6 Å². The van der Waals surface area contributed by atoms with Gasteiger partial charge in [0.05, 0.1) is 22.9 Å². The van der Waals surface area contributed by atoms with Crippen molar-refractivity contribution in [3.63, 3.8) is 0 Å². The Bertz CT molecular complexity index is 1580. The molecule has 0 radical (unpaired) electrons. The number of thiazole rings is 1. The van der Waals surface area contributed by atoms with Gasteiger partial charge in [-0.05, 0) is 31.0 Å². The van der Waals surface area contributed by atoms with Gasteiger partial charge in [0.1, 0.15) is 21.9 Å². The topological polar surface area (TPSA) is 72.3 Å². The molecule has 0 aliphatic heterocycles. The Labute approximate surface area is 189 Å². The highest BCUT2D eigenvalue weighted by atomic mass is 32.1. The van der Waals surface area contributed by atoms with E-state index in [9.17, 15) is 18.0 Å². The van der Waals surface area contributed by atoms with Crippen LogP contribution in [0, 0.1) is 13.8 Å². The highest BCUT2D eigenvalue weighted by Crippen LogP contribution is 2.40. The second-order valence-corrected chi connectivity index (χ2v) is 8.59. The molecule has 3 aromatic heterocycles. The van der Waals surface area contributed by atoms with E-state index in [1.54, 1.807) is 44.4 Å². The third-order valence-corrected chi connectivity index (χ3v) is 6.47. The fourth-order valence-corrected chi connectivity index (χ4v) is 5.01. The molecule has 10 heteroatoms. The van der Waals surface area contributed by atoms with Gasteiger partial charge < -0.3 is 9.72 Å². The number of nitrogens with zero attached hydrogens (tertiary/aromatic N) is 3. The predicted molar refractivity (Wildman–Crippen MR) is 121 cm³/mol. The number of aryl methyl sites for hydroxylation is 2. The first kappa shape index (κ1) is 21.2. The Balaban J connectivity index is 1.82. The zero-order valence-electron chi connectivity index (χ0n) is 17.7. The van der Waals surface area contributed by atoms with E-state index < -0.39 is 17.4 Å². The second-order valence-electron chi connectivity index (χ2n) is 7.56. The number of benzene rings is 2. The first-order valence-corrected chi connectivity index (χ1v) is 10.7. The van der Waals surface area contributed by atoms with E-state index >= 15 is 0 Å². The van der Waals surface area contributed by atoms with E-state index in [1.807, 2.05) is 19.1 Å². The molecule has 2 aromatic carbocycles. The highest BCUT2D eigenvalue weighted by Gasteiger charge is 2.39. The molecule has 0 unspecified atom stereocenters. The predicted octanol–water partition coefficient (Wildman–Crippen LogP) is 5.61. The lowest BCUT2D eigenvalue weighted by atomic mass is 10.1. The van der Waals surface area contributed by atoms with Gasteiger partial charge in [0.2, 0.25) is 0 Å². The lowest BCUT2D eigenvalue weighted by Gasteiger charge is -2.07. The number of hydrogen-bond acceptors (Lipinski definition) is 5. The van der Waals surface area contributed by atoms with Crippen molar-refractivity contribution in [3.8, 4) is 27.4 Å². The first-order chi connectivity index (χ1) is 15.7. The summed E-state index contributed by atoms with van der Waals surface area (Å²) in [6.45, 7) is 3.52. The zero-order chi connectivity index (χ0) is 23.5. The van der Waals surface area contributed by atoms with E-state index in [1.165, 1.54) is 11.3 Å². The van der Waals surface area contributed by atoms with Gasteiger partial charge in [0.25, 0.3) is 5.56 Å². The van der Waals surface area contributed by atoms with Crippen LogP contribution in [0.1, 0.15) is 17.0 Å². The third kappa shape index (κ3) is 3.29. The number of methoxy groups -OCH3 is 1. The van der Waals surface area contributed by atoms with Crippen molar-refractivity contribution in [1.82, 2.24) is 19.6 Å². The van der Waals surface area contributed by atoms with Crippen LogP contribution in [-0.2, 0) is 6.18 Å². The number of rotatable bonds is 3. The number of H-pyrrole nitrogens is 1. The number of aromatic amines is 1. The standard InChI is InChI=1S/C23H17F3N4O2S/c1-11-9-10-14-17(18(11)32-3)28-21(33-14)15-12(2)27-20-16(13-7-5-4-6-8-13)19(23(24,25)26)29-30(20)22(15)31/h4-10,27H,1-3H3. The van der Waals surface area contributed by atoms with Crippen molar-refractivity contribution < 1.29 is 17.9 Å². The molecule has 5 aromatic rings. The molecule has 0 bridgehead atoms. The maximum Gasteiger partial charge on any atom is 0.435 e. The van der Waals surface area contributed by atoms with E-state index in [-0.39, 0.29) is 16.8 Å². The third-order valence-electron chi connectivity index (χ3n) is 5.43. The van der Waals surface area contributed by atoms with Gasteiger partial charge in [-0.15, -0.1) is 11.3 Å². The summed E-state index contributed by atoms with van der Waals surface area (Å²) < 4.78 is 48.7. The molecular formula is C23H17F3N4O2S. The van der Waals surface area contributed by atoms with Crippen LogP contribution in [0.2, 0.25) is 0 Å². The molecule has 0 saturated heterocycles. The van der Waals surface area contributed by atoms with Crippen molar-refractivity contribution in [3.05, 3.63) is 69.8 Å². The Morgan fingerprint density at radius 3 is 2.45 bits per heavy atom. The van der Waals surface area contributed by atoms with Gasteiger partial charge in [-0.3, -0.25) is 4.79 Å². The van der Waals surface area contributed by atoms with E-state index in [4.69, 9.17) is 4.74 Å². The minimum Gasteiger partial charge on any atom is -0.494 e. The molecule has 0 fully saturated rings. The molecule has 5 rings (SSSR count). The summed E-state index contributed by atoms with van der Waals surface area (Å²) in [6.07, 6.45) is -4.74. The minimum absolute atomic E-state index is 0.0192. The number of halogens is 3. The van der Waals surface area contributed by atoms with Crippen LogP contribution in [0.5, 0.6) is 5.75 Å². The van der Waals surface area contributed by atoms with E-state index in [2.05, 4.69) is 15.1 Å². The fraction of sp³-hybridized carbons (Fsp3) is 0.174. The number of alkyl halides is 3. The SMILES string of the molecule is COc1c(C)ccc2sc(-c3c(C)[nH]c4c(-c5ccccc5)c(C(F)(F)F)nn4c3=O)nc12. The van der Waals surface area contributed by atoms with Crippen LogP contribution >= 0.6 is 11.3 Å². The average Bonchev–Trinajstić information content (AvgIpc) is 3.36. The Morgan fingerprint density at radius 1 is 1.06 bits per heavy atom. The molecule has 0 amide bonds. The van der Waals surface area contributed by atoms with E-state index in [0.717, 1.165) is 14.8 Å². The average molecular weight is 470 g/mol. The number of ether oxygens (including phenoxy) is 1. The molecule has 0 aliphatic rings. The van der Waals surface area contributed by atoms with Crippen molar-refractivity contribution in [2.75, 3.05) is 7.11 Å².